The Hall–Kier alpha value is -3.34. The van der Waals surface area contributed by atoms with Gasteiger partial charge < -0.3 is 14.2 Å². The Balaban J connectivity index is 1.91. The van der Waals surface area contributed by atoms with Crippen molar-refractivity contribution in [1.29, 1.82) is 0 Å². The van der Waals surface area contributed by atoms with Gasteiger partial charge in [-0.15, -0.1) is 0 Å². The summed E-state index contributed by atoms with van der Waals surface area (Å²) in [5.41, 5.74) is 6.52. The molecule has 0 bridgehead atoms. The van der Waals surface area contributed by atoms with E-state index in [0.717, 1.165) is 34.2 Å². The second-order valence-electron chi connectivity index (χ2n) is 5.94. The van der Waals surface area contributed by atoms with Crippen molar-refractivity contribution in [3.8, 4) is 17.2 Å². The Morgan fingerprint density at radius 3 is 2.04 bits per heavy atom. The van der Waals surface area contributed by atoms with Gasteiger partial charge in [0.2, 0.25) is 0 Å². The van der Waals surface area contributed by atoms with E-state index in [9.17, 15) is 0 Å². The highest BCUT2D eigenvalue weighted by molar-refractivity contribution is 5.57. The van der Waals surface area contributed by atoms with Crippen molar-refractivity contribution in [3.63, 3.8) is 0 Å². The van der Waals surface area contributed by atoms with Gasteiger partial charge in [-0.25, -0.2) is 0 Å². The lowest BCUT2D eigenvalue weighted by atomic mass is 10.1. The minimum atomic E-state index is 0.606. The first-order chi connectivity index (χ1) is 13.2. The van der Waals surface area contributed by atoms with Crippen molar-refractivity contribution in [2.24, 2.45) is 0 Å². The zero-order valence-electron chi connectivity index (χ0n) is 15.8. The fourth-order valence-corrected chi connectivity index (χ4v) is 2.78. The minimum absolute atomic E-state index is 0.606. The maximum Gasteiger partial charge on any atom is 0.127 e. The quantitative estimate of drug-likeness (QED) is 0.585. The summed E-state index contributed by atoms with van der Waals surface area (Å²) in [7, 11) is 4.98. The molecule has 0 atom stereocenters. The maximum absolute atomic E-state index is 5.56. The number of rotatable bonds is 8. The molecule has 140 valence electrons. The number of hydrogen-bond donors (Lipinski definition) is 1. The van der Waals surface area contributed by atoms with Gasteiger partial charge in [0.25, 0.3) is 0 Å². The van der Waals surface area contributed by atoms with Crippen molar-refractivity contribution in [2.45, 2.75) is 6.54 Å². The molecule has 0 aromatic heterocycles. The molecule has 3 aromatic carbocycles. The van der Waals surface area contributed by atoms with E-state index < -0.39 is 0 Å². The number of benzene rings is 3. The summed E-state index contributed by atoms with van der Waals surface area (Å²) in [6.45, 7) is 0.606. The first kappa shape index (κ1) is 18.5. The van der Waals surface area contributed by atoms with Crippen LogP contribution in [0.25, 0.3) is 0 Å². The predicted octanol–water partition coefficient (Wildman–Crippen LogP) is 4.75. The average Bonchev–Trinajstić information content (AvgIpc) is 2.74. The molecule has 0 aliphatic heterocycles. The third-order valence-corrected chi connectivity index (χ3v) is 4.24. The first-order valence-electron chi connectivity index (χ1n) is 8.67. The normalized spacial score (nSPS) is 10.2. The Morgan fingerprint density at radius 2 is 1.41 bits per heavy atom. The SMILES string of the molecule is COc1ccc(N(Cc2ccc(OC)cc2OC)Nc2ccccc2)cc1. The van der Waals surface area contributed by atoms with Gasteiger partial charge in [-0.05, 0) is 48.5 Å². The van der Waals surface area contributed by atoms with Gasteiger partial charge in [0.1, 0.15) is 17.2 Å². The van der Waals surface area contributed by atoms with Gasteiger partial charge in [-0.3, -0.25) is 10.4 Å². The van der Waals surface area contributed by atoms with Crippen LogP contribution >= 0.6 is 0 Å². The number of nitrogens with one attached hydrogen (secondary N) is 1. The van der Waals surface area contributed by atoms with Crippen LogP contribution in [0, 0.1) is 0 Å². The Morgan fingerprint density at radius 1 is 0.741 bits per heavy atom. The molecule has 0 radical (unpaired) electrons. The summed E-state index contributed by atoms with van der Waals surface area (Å²) >= 11 is 0. The van der Waals surface area contributed by atoms with Gasteiger partial charge in [-0.2, -0.15) is 0 Å². The number of para-hydroxylation sites is 1. The summed E-state index contributed by atoms with van der Waals surface area (Å²) in [4.78, 5) is 0. The molecule has 0 saturated heterocycles. The zero-order valence-corrected chi connectivity index (χ0v) is 15.8. The van der Waals surface area contributed by atoms with Crippen molar-refractivity contribution in [3.05, 3.63) is 78.4 Å². The summed E-state index contributed by atoms with van der Waals surface area (Å²) in [5, 5.41) is 2.07. The van der Waals surface area contributed by atoms with Crippen molar-refractivity contribution >= 4 is 11.4 Å². The van der Waals surface area contributed by atoms with Gasteiger partial charge >= 0.3 is 0 Å². The molecule has 27 heavy (non-hydrogen) atoms. The van der Waals surface area contributed by atoms with E-state index in [2.05, 4.69) is 10.4 Å². The molecule has 0 spiro atoms. The summed E-state index contributed by atoms with van der Waals surface area (Å²) in [6.07, 6.45) is 0. The van der Waals surface area contributed by atoms with Crippen LogP contribution in [0.3, 0.4) is 0 Å². The lowest BCUT2D eigenvalue weighted by Crippen LogP contribution is -2.29. The molecular formula is C22H24N2O3. The van der Waals surface area contributed by atoms with E-state index in [1.165, 1.54) is 0 Å². The molecule has 0 aliphatic carbocycles. The van der Waals surface area contributed by atoms with E-state index in [1.807, 2.05) is 72.8 Å². The number of methoxy groups -OCH3 is 3. The number of hydrazine groups is 1. The van der Waals surface area contributed by atoms with Gasteiger partial charge in [0.05, 0.1) is 39.2 Å². The highest BCUT2D eigenvalue weighted by Crippen LogP contribution is 2.28. The summed E-state index contributed by atoms with van der Waals surface area (Å²) < 4.78 is 16.1. The summed E-state index contributed by atoms with van der Waals surface area (Å²) in [5.74, 6) is 2.37. The number of nitrogens with zero attached hydrogens (tertiary/aromatic N) is 1. The third-order valence-electron chi connectivity index (χ3n) is 4.24. The fourth-order valence-electron chi connectivity index (χ4n) is 2.78. The van der Waals surface area contributed by atoms with Gasteiger partial charge in [0, 0.05) is 11.6 Å². The van der Waals surface area contributed by atoms with Crippen LogP contribution in [0.5, 0.6) is 17.2 Å². The van der Waals surface area contributed by atoms with Crippen molar-refractivity contribution < 1.29 is 14.2 Å². The Bertz CT molecular complexity index is 851. The largest absolute Gasteiger partial charge is 0.497 e. The first-order valence-corrected chi connectivity index (χ1v) is 8.67. The molecule has 3 rings (SSSR count). The average molecular weight is 364 g/mol. The highest BCUT2D eigenvalue weighted by Gasteiger charge is 2.12. The van der Waals surface area contributed by atoms with Crippen LogP contribution in [-0.2, 0) is 6.54 Å². The fraction of sp³-hybridized carbons (Fsp3) is 0.182. The van der Waals surface area contributed by atoms with Crippen LogP contribution in [0.1, 0.15) is 5.56 Å². The Labute approximate surface area is 160 Å². The molecule has 0 fully saturated rings. The standard InChI is InChI=1S/C22H24N2O3/c1-25-20-13-10-19(11-14-20)24(23-18-7-5-4-6-8-18)16-17-9-12-21(26-2)15-22(17)27-3/h4-15,23H,16H2,1-3H3. The third kappa shape index (κ3) is 4.64. The molecule has 5 nitrogen and oxygen atoms in total. The van der Waals surface area contributed by atoms with E-state index in [4.69, 9.17) is 14.2 Å². The van der Waals surface area contributed by atoms with Crippen LogP contribution < -0.4 is 24.6 Å². The van der Waals surface area contributed by atoms with Crippen LogP contribution in [0.2, 0.25) is 0 Å². The van der Waals surface area contributed by atoms with Crippen molar-refractivity contribution in [1.82, 2.24) is 0 Å². The molecule has 5 heteroatoms. The second kappa shape index (κ2) is 8.85. The Kier molecular flexibility index (Phi) is 6.05. The molecule has 3 aromatic rings. The summed E-state index contributed by atoms with van der Waals surface area (Å²) in [6, 6.07) is 23.8. The van der Waals surface area contributed by atoms with Crippen LogP contribution in [-0.4, -0.2) is 21.3 Å². The molecule has 1 N–H and O–H groups in total. The predicted molar refractivity (Wildman–Crippen MR) is 109 cm³/mol. The van der Waals surface area contributed by atoms with Gasteiger partial charge in [0.15, 0.2) is 0 Å². The second-order valence-corrected chi connectivity index (χ2v) is 5.94. The molecule has 0 amide bonds. The number of hydrogen-bond acceptors (Lipinski definition) is 5. The molecular weight excluding hydrogens is 340 g/mol. The van der Waals surface area contributed by atoms with E-state index in [-0.39, 0.29) is 0 Å². The topological polar surface area (TPSA) is 43.0 Å². The number of ether oxygens (including phenoxy) is 3. The smallest absolute Gasteiger partial charge is 0.127 e. The van der Waals surface area contributed by atoms with E-state index in [1.54, 1.807) is 21.3 Å². The lowest BCUT2D eigenvalue weighted by Gasteiger charge is -2.27. The van der Waals surface area contributed by atoms with Crippen LogP contribution in [0.15, 0.2) is 72.8 Å². The molecule has 0 saturated carbocycles. The minimum Gasteiger partial charge on any atom is -0.497 e. The monoisotopic (exact) mass is 364 g/mol. The number of anilines is 2. The zero-order chi connectivity index (χ0) is 19.1. The molecule has 0 aliphatic rings. The van der Waals surface area contributed by atoms with Crippen LogP contribution in [0.4, 0.5) is 11.4 Å². The van der Waals surface area contributed by atoms with Crippen molar-refractivity contribution in [2.75, 3.05) is 31.8 Å². The highest BCUT2D eigenvalue weighted by atomic mass is 16.5. The van der Waals surface area contributed by atoms with Gasteiger partial charge in [-0.1, -0.05) is 18.2 Å². The van der Waals surface area contributed by atoms with E-state index >= 15 is 0 Å². The molecule has 0 heterocycles. The maximum atomic E-state index is 5.56. The lowest BCUT2D eigenvalue weighted by molar-refractivity contribution is 0.391. The van der Waals surface area contributed by atoms with E-state index in [0.29, 0.717) is 6.54 Å². The molecule has 0 unspecified atom stereocenters.